The van der Waals surface area contributed by atoms with Crippen molar-refractivity contribution in [2.45, 2.75) is 18.9 Å². The summed E-state index contributed by atoms with van der Waals surface area (Å²) in [6.45, 7) is 2.47. The van der Waals surface area contributed by atoms with Crippen LogP contribution in [-0.4, -0.2) is 65.3 Å². The molecule has 1 aromatic rings. The molecule has 2 aliphatic rings. The van der Waals surface area contributed by atoms with Crippen molar-refractivity contribution in [3.05, 3.63) is 27.2 Å². The summed E-state index contributed by atoms with van der Waals surface area (Å²) in [6, 6.07) is 2.81. The molecule has 2 fully saturated rings. The number of carbonyl (C=O) groups excluding carboxylic acids is 2. The Labute approximate surface area is 172 Å². The Kier molecular flexibility index (Phi) is 6.97. The number of carbonyl (C=O) groups is 2. The molecule has 0 aromatic heterocycles. The van der Waals surface area contributed by atoms with Gasteiger partial charge in [-0.1, -0.05) is 34.8 Å². The minimum atomic E-state index is -0.223. The second-order valence-corrected chi connectivity index (χ2v) is 8.81. The zero-order chi connectivity index (χ0) is 18.7. The summed E-state index contributed by atoms with van der Waals surface area (Å²) >= 11 is 19.9. The molecule has 142 valence electrons. The van der Waals surface area contributed by atoms with Crippen molar-refractivity contribution < 1.29 is 9.59 Å². The first-order valence-electron chi connectivity index (χ1n) is 8.50. The Hall–Kier alpha value is -0.660. The minimum Gasteiger partial charge on any atom is -0.340 e. The highest BCUT2D eigenvalue weighted by atomic mass is 35.5. The molecule has 2 heterocycles. The number of hydrogen-bond acceptors (Lipinski definition) is 4. The standard InChI is InChI=1S/C17H20Cl3N3O2S/c18-11-8-13(20)14(9-12(11)19)21-16(24)10-23-3-1-2-15(23)17(25)22-4-6-26-7-5-22/h8-9,15H,1-7,10H2,(H,21,24). The van der Waals surface area contributed by atoms with Crippen LogP contribution in [0.15, 0.2) is 12.1 Å². The Morgan fingerprint density at radius 1 is 1.08 bits per heavy atom. The number of amides is 2. The Morgan fingerprint density at radius 2 is 1.77 bits per heavy atom. The highest BCUT2D eigenvalue weighted by molar-refractivity contribution is 7.99. The number of hydrogen-bond donors (Lipinski definition) is 1. The lowest BCUT2D eigenvalue weighted by Crippen LogP contribution is -2.49. The van der Waals surface area contributed by atoms with Crippen LogP contribution in [0.4, 0.5) is 5.69 Å². The maximum absolute atomic E-state index is 12.8. The van der Waals surface area contributed by atoms with Gasteiger partial charge in [-0.25, -0.2) is 0 Å². The van der Waals surface area contributed by atoms with Gasteiger partial charge in [-0.3, -0.25) is 14.5 Å². The first kappa shape index (κ1) is 20.1. The smallest absolute Gasteiger partial charge is 0.239 e. The van der Waals surface area contributed by atoms with Crippen LogP contribution in [0.3, 0.4) is 0 Å². The van der Waals surface area contributed by atoms with E-state index in [-0.39, 0.29) is 24.4 Å². The van der Waals surface area contributed by atoms with Gasteiger partial charge in [0.2, 0.25) is 11.8 Å². The van der Waals surface area contributed by atoms with Gasteiger partial charge in [-0.05, 0) is 31.5 Å². The molecular formula is C17H20Cl3N3O2S. The summed E-state index contributed by atoms with van der Waals surface area (Å²) < 4.78 is 0. The molecule has 3 rings (SSSR count). The normalized spacial score (nSPS) is 21.0. The van der Waals surface area contributed by atoms with E-state index in [2.05, 4.69) is 5.32 Å². The van der Waals surface area contributed by atoms with E-state index in [1.165, 1.54) is 12.1 Å². The lowest BCUT2D eigenvalue weighted by atomic mass is 10.2. The number of rotatable bonds is 4. The van der Waals surface area contributed by atoms with Gasteiger partial charge < -0.3 is 10.2 Å². The monoisotopic (exact) mass is 435 g/mol. The van der Waals surface area contributed by atoms with Crippen molar-refractivity contribution in [1.82, 2.24) is 9.80 Å². The van der Waals surface area contributed by atoms with Crippen LogP contribution in [0.2, 0.25) is 15.1 Å². The van der Waals surface area contributed by atoms with Crippen LogP contribution in [0.25, 0.3) is 0 Å². The van der Waals surface area contributed by atoms with Crippen molar-refractivity contribution >= 4 is 64.1 Å². The second kappa shape index (κ2) is 9.02. The van der Waals surface area contributed by atoms with Gasteiger partial charge in [0, 0.05) is 24.6 Å². The molecule has 0 saturated carbocycles. The van der Waals surface area contributed by atoms with Crippen LogP contribution in [-0.2, 0) is 9.59 Å². The average Bonchev–Trinajstić information content (AvgIpc) is 3.07. The number of halogens is 3. The molecule has 0 bridgehead atoms. The highest BCUT2D eigenvalue weighted by Gasteiger charge is 2.35. The maximum Gasteiger partial charge on any atom is 0.239 e. The SMILES string of the molecule is O=C(CN1CCCC1C(=O)N1CCSCC1)Nc1cc(Cl)c(Cl)cc1Cl. The summed E-state index contributed by atoms with van der Waals surface area (Å²) in [6.07, 6.45) is 1.71. The number of nitrogens with zero attached hydrogens (tertiary/aromatic N) is 2. The topological polar surface area (TPSA) is 52.7 Å². The molecule has 2 aliphatic heterocycles. The molecule has 0 aliphatic carbocycles. The first-order chi connectivity index (χ1) is 12.5. The third kappa shape index (κ3) is 4.78. The fourth-order valence-corrected chi connectivity index (χ4v) is 4.78. The number of anilines is 1. The van der Waals surface area contributed by atoms with Crippen LogP contribution < -0.4 is 5.32 Å². The summed E-state index contributed by atoms with van der Waals surface area (Å²) in [5.74, 6) is 1.88. The van der Waals surface area contributed by atoms with Gasteiger partial charge in [0.05, 0.1) is 33.3 Å². The first-order valence-corrected chi connectivity index (χ1v) is 10.8. The predicted octanol–water partition coefficient (Wildman–Crippen LogP) is 3.63. The molecule has 2 amide bonds. The molecule has 1 atom stereocenters. The quantitative estimate of drug-likeness (QED) is 0.732. The van der Waals surface area contributed by atoms with E-state index in [0.717, 1.165) is 44.0 Å². The summed E-state index contributed by atoms with van der Waals surface area (Å²) in [5, 5.41) is 3.74. The molecule has 26 heavy (non-hydrogen) atoms. The predicted molar refractivity (Wildman–Crippen MR) is 109 cm³/mol. The Morgan fingerprint density at radius 3 is 2.50 bits per heavy atom. The number of thioether (sulfide) groups is 1. The molecular weight excluding hydrogens is 417 g/mol. The molecule has 9 heteroatoms. The van der Waals surface area contributed by atoms with Gasteiger partial charge in [0.15, 0.2) is 0 Å². The molecule has 0 radical (unpaired) electrons. The van der Waals surface area contributed by atoms with Crippen molar-refractivity contribution in [1.29, 1.82) is 0 Å². The lowest BCUT2D eigenvalue weighted by molar-refractivity contribution is -0.136. The van der Waals surface area contributed by atoms with Crippen molar-refractivity contribution in [3.63, 3.8) is 0 Å². The van der Waals surface area contributed by atoms with Crippen molar-refractivity contribution in [2.24, 2.45) is 0 Å². The molecule has 2 saturated heterocycles. The summed E-state index contributed by atoms with van der Waals surface area (Å²) in [4.78, 5) is 29.1. The fourth-order valence-electron chi connectivity index (χ4n) is 3.28. The van der Waals surface area contributed by atoms with Crippen LogP contribution >= 0.6 is 46.6 Å². The van der Waals surface area contributed by atoms with E-state index in [4.69, 9.17) is 34.8 Å². The van der Waals surface area contributed by atoms with Gasteiger partial charge in [-0.15, -0.1) is 0 Å². The van der Waals surface area contributed by atoms with Gasteiger partial charge in [0.25, 0.3) is 0 Å². The van der Waals surface area contributed by atoms with Crippen molar-refractivity contribution in [2.75, 3.05) is 43.0 Å². The molecule has 1 aromatic carbocycles. The largest absolute Gasteiger partial charge is 0.340 e. The van der Waals surface area contributed by atoms with E-state index in [1.807, 2.05) is 21.6 Å². The molecule has 5 nitrogen and oxygen atoms in total. The van der Waals surface area contributed by atoms with E-state index >= 15 is 0 Å². The van der Waals surface area contributed by atoms with Crippen LogP contribution in [0, 0.1) is 0 Å². The number of benzene rings is 1. The highest BCUT2D eigenvalue weighted by Crippen LogP contribution is 2.32. The molecule has 0 spiro atoms. The Bertz CT molecular complexity index is 698. The molecule has 1 N–H and O–H groups in total. The summed E-state index contributed by atoms with van der Waals surface area (Å²) in [7, 11) is 0. The zero-order valence-electron chi connectivity index (χ0n) is 14.1. The third-order valence-electron chi connectivity index (χ3n) is 4.60. The maximum atomic E-state index is 12.8. The van der Waals surface area contributed by atoms with E-state index in [1.54, 1.807) is 0 Å². The number of likely N-dealkylation sites (tertiary alicyclic amines) is 1. The zero-order valence-corrected chi connectivity index (χ0v) is 17.2. The van der Waals surface area contributed by atoms with Crippen LogP contribution in [0.1, 0.15) is 12.8 Å². The molecule has 1 unspecified atom stereocenters. The number of nitrogens with one attached hydrogen (secondary N) is 1. The van der Waals surface area contributed by atoms with E-state index < -0.39 is 0 Å². The Balaban J connectivity index is 1.61. The van der Waals surface area contributed by atoms with E-state index in [9.17, 15) is 9.59 Å². The van der Waals surface area contributed by atoms with Crippen LogP contribution in [0.5, 0.6) is 0 Å². The lowest BCUT2D eigenvalue weighted by Gasteiger charge is -2.32. The third-order valence-corrected chi connectivity index (χ3v) is 6.58. The van der Waals surface area contributed by atoms with Gasteiger partial charge in [-0.2, -0.15) is 11.8 Å². The van der Waals surface area contributed by atoms with E-state index in [0.29, 0.717) is 20.8 Å². The summed E-state index contributed by atoms with van der Waals surface area (Å²) in [5.41, 5.74) is 0.418. The van der Waals surface area contributed by atoms with Crippen molar-refractivity contribution in [3.8, 4) is 0 Å². The average molecular weight is 437 g/mol. The van der Waals surface area contributed by atoms with Gasteiger partial charge in [0.1, 0.15) is 0 Å². The minimum absolute atomic E-state index is 0.142. The second-order valence-electron chi connectivity index (χ2n) is 6.36. The fraction of sp³-hybridized carbons (Fsp3) is 0.529. The van der Waals surface area contributed by atoms with Gasteiger partial charge >= 0.3 is 0 Å².